The quantitative estimate of drug-likeness (QED) is 0.841. The fraction of sp³-hybridized carbons (Fsp3) is 0.308. The highest BCUT2D eigenvalue weighted by atomic mass is 32.2. The van der Waals surface area contributed by atoms with Gasteiger partial charge in [-0.25, -0.2) is 4.98 Å². The third-order valence-corrected chi connectivity index (χ3v) is 4.03. The van der Waals surface area contributed by atoms with Gasteiger partial charge < -0.3 is 9.32 Å². The Balaban J connectivity index is 1.92. The first-order valence-corrected chi connectivity index (χ1v) is 6.83. The average molecular weight is 276 g/mol. The number of nitrogens with zero attached hydrogens (tertiary/aromatic N) is 2. The van der Waals surface area contributed by atoms with Gasteiger partial charge in [0.15, 0.2) is 17.1 Å². The predicted molar refractivity (Wildman–Crippen MR) is 73.0 cm³/mol. The fourth-order valence-corrected chi connectivity index (χ4v) is 3.23. The third-order valence-electron chi connectivity index (χ3n) is 3.05. The summed E-state index contributed by atoms with van der Waals surface area (Å²) in [5, 5.41) is 0.0615. The highest BCUT2D eigenvalue weighted by Crippen LogP contribution is 2.32. The first-order chi connectivity index (χ1) is 9.15. The Labute approximate surface area is 114 Å². The number of hydrogen-bond donors (Lipinski definition) is 0. The highest BCUT2D eigenvalue weighted by molar-refractivity contribution is 8.14. The summed E-state index contributed by atoms with van der Waals surface area (Å²) in [5.74, 6) is 0.0225. The molecule has 1 saturated heterocycles. The Hall–Kier alpha value is -1.82. The Kier molecular flexibility index (Phi) is 3.02. The van der Waals surface area contributed by atoms with Crippen LogP contribution < -0.4 is 4.90 Å². The number of rotatable bonds is 2. The molecule has 98 valence electrons. The molecule has 1 fully saturated rings. The van der Waals surface area contributed by atoms with E-state index in [9.17, 15) is 9.59 Å². The van der Waals surface area contributed by atoms with E-state index in [0.29, 0.717) is 24.1 Å². The molecule has 2 aromatic rings. The van der Waals surface area contributed by atoms with Gasteiger partial charge in [0.05, 0.1) is 5.69 Å². The van der Waals surface area contributed by atoms with E-state index < -0.39 is 0 Å². The van der Waals surface area contributed by atoms with Crippen molar-refractivity contribution < 1.29 is 14.0 Å². The van der Waals surface area contributed by atoms with Gasteiger partial charge in [0.2, 0.25) is 5.91 Å². The number of fused-ring (bicyclic) bond motifs is 1. The van der Waals surface area contributed by atoms with E-state index in [2.05, 4.69) is 4.98 Å². The summed E-state index contributed by atoms with van der Waals surface area (Å²) in [7, 11) is 0. The fourth-order valence-electron chi connectivity index (χ4n) is 2.31. The molecule has 0 saturated carbocycles. The van der Waals surface area contributed by atoms with Crippen LogP contribution in [0.5, 0.6) is 0 Å². The molecular weight excluding hydrogens is 264 g/mol. The van der Waals surface area contributed by atoms with E-state index >= 15 is 0 Å². The van der Waals surface area contributed by atoms with Crippen LogP contribution in [-0.4, -0.2) is 27.8 Å². The minimum Gasteiger partial charge on any atom is -0.443 e. The third kappa shape index (κ3) is 2.23. The Bertz CT molecular complexity index is 652. The van der Waals surface area contributed by atoms with Gasteiger partial charge in [-0.05, 0) is 12.1 Å². The van der Waals surface area contributed by atoms with Crippen molar-refractivity contribution in [3.63, 3.8) is 0 Å². The molecule has 0 aliphatic carbocycles. The van der Waals surface area contributed by atoms with Gasteiger partial charge in [0.1, 0.15) is 5.52 Å². The number of carbonyl (C=O) groups excluding carboxylic acids is 2. The first-order valence-electron chi connectivity index (χ1n) is 5.95. The summed E-state index contributed by atoms with van der Waals surface area (Å²) in [4.78, 5) is 29.0. The van der Waals surface area contributed by atoms with Crippen LogP contribution in [0.15, 0.2) is 29.0 Å². The van der Waals surface area contributed by atoms with Crippen molar-refractivity contribution in [3.05, 3.63) is 24.6 Å². The van der Waals surface area contributed by atoms with Gasteiger partial charge in [-0.15, -0.1) is 0 Å². The highest BCUT2D eigenvalue weighted by Gasteiger charge is 2.33. The van der Waals surface area contributed by atoms with Gasteiger partial charge in [-0.1, -0.05) is 17.8 Å². The number of anilines is 1. The van der Waals surface area contributed by atoms with Crippen LogP contribution in [0.3, 0.4) is 0 Å². The summed E-state index contributed by atoms with van der Waals surface area (Å²) in [6.07, 6.45) is 1.76. The molecule has 0 bridgehead atoms. The zero-order valence-corrected chi connectivity index (χ0v) is 11.1. The lowest BCUT2D eigenvalue weighted by Gasteiger charge is -2.16. The summed E-state index contributed by atoms with van der Waals surface area (Å²) in [6.45, 7) is 2.06. The van der Waals surface area contributed by atoms with E-state index in [1.165, 1.54) is 25.1 Å². The standard InChI is InChI=1S/C13H12N2O3S/c1-8(16)19-9-5-12(17)15(6-9)10-3-2-4-11-13(10)14-7-18-11/h2-4,7,9H,5-6H2,1H3. The van der Waals surface area contributed by atoms with Crippen molar-refractivity contribution >= 4 is 39.6 Å². The van der Waals surface area contributed by atoms with E-state index in [1.807, 2.05) is 18.2 Å². The zero-order valence-electron chi connectivity index (χ0n) is 10.3. The van der Waals surface area contributed by atoms with Crippen molar-refractivity contribution in [2.45, 2.75) is 18.6 Å². The number of para-hydroxylation sites is 1. The molecule has 1 atom stereocenters. The molecule has 0 spiro atoms. The smallest absolute Gasteiger partial charge is 0.228 e. The van der Waals surface area contributed by atoms with E-state index in [0.717, 1.165) is 5.69 Å². The maximum Gasteiger partial charge on any atom is 0.228 e. The molecular formula is C13H12N2O3S. The molecule has 6 heteroatoms. The molecule has 2 heterocycles. The van der Waals surface area contributed by atoms with E-state index in [1.54, 1.807) is 4.90 Å². The normalized spacial score (nSPS) is 19.3. The lowest BCUT2D eigenvalue weighted by atomic mass is 10.2. The summed E-state index contributed by atoms with van der Waals surface area (Å²) in [6, 6.07) is 5.50. The molecule has 0 N–H and O–H groups in total. The summed E-state index contributed by atoms with van der Waals surface area (Å²) >= 11 is 1.23. The summed E-state index contributed by atoms with van der Waals surface area (Å²) < 4.78 is 5.24. The van der Waals surface area contributed by atoms with Crippen molar-refractivity contribution in [2.75, 3.05) is 11.4 Å². The second-order valence-electron chi connectivity index (χ2n) is 4.42. The summed E-state index contributed by atoms with van der Waals surface area (Å²) in [5.41, 5.74) is 2.10. The van der Waals surface area contributed by atoms with Crippen LogP contribution in [-0.2, 0) is 9.59 Å². The number of aromatic nitrogens is 1. The van der Waals surface area contributed by atoms with E-state index in [-0.39, 0.29) is 16.3 Å². The van der Waals surface area contributed by atoms with Crippen LogP contribution in [0.25, 0.3) is 11.1 Å². The molecule has 1 amide bonds. The molecule has 3 rings (SSSR count). The van der Waals surface area contributed by atoms with Crippen LogP contribution in [0, 0.1) is 0 Å². The number of thioether (sulfide) groups is 1. The van der Waals surface area contributed by atoms with Crippen LogP contribution in [0.1, 0.15) is 13.3 Å². The molecule has 0 radical (unpaired) electrons. The monoisotopic (exact) mass is 276 g/mol. The van der Waals surface area contributed by atoms with Gasteiger partial charge in [0, 0.05) is 25.1 Å². The lowest BCUT2D eigenvalue weighted by Crippen LogP contribution is -2.25. The molecule has 1 unspecified atom stereocenters. The SMILES string of the molecule is CC(=O)SC1CC(=O)N(c2cccc3ocnc23)C1. The van der Waals surface area contributed by atoms with Gasteiger partial charge in [0.25, 0.3) is 0 Å². The Morgan fingerprint density at radius 1 is 1.53 bits per heavy atom. The number of hydrogen-bond acceptors (Lipinski definition) is 5. The van der Waals surface area contributed by atoms with Gasteiger partial charge in [-0.3, -0.25) is 9.59 Å². The van der Waals surface area contributed by atoms with Crippen molar-refractivity contribution in [2.24, 2.45) is 0 Å². The van der Waals surface area contributed by atoms with Crippen LogP contribution in [0.4, 0.5) is 5.69 Å². The molecule has 5 nitrogen and oxygen atoms in total. The average Bonchev–Trinajstić information content (AvgIpc) is 2.94. The van der Waals surface area contributed by atoms with E-state index in [4.69, 9.17) is 4.42 Å². The van der Waals surface area contributed by atoms with Crippen molar-refractivity contribution in [1.29, 1.82) is 0 Å². The zero-order chi connectivity index (χ0) is 13.4. The largest absolute Gasteiger partial charge is 0.443 e. The predicted octanol–water partition coefficient (Wildman–Crippen LogP) is 2.21. The molecule has 1 aromatic carbocycles. The second kappa shape index (κ2) is 4.70. The van der Waals surface area contributed by atoms with Crippen molar-refractivity contribution in [1.82, 2.24) is 4.98 Å². The molecule has 1 aromatic heterocycles. The van der Waals surface area contributed by atoms with Gasteiger partial charge >= 0.3 is 0 Å². The number of oxazole rings is 1. The Morgan fingerprint density at radius 2 is 2.37 bits per heavy atom. The number of amides is 1. The van der Waals surface area contributed by atoms with Crippen molar-refractivity contribution in [3.8, 4) is 0 Å². The minimum atomic E-state index is 0.0205. The number of carbonyl (C=O) groups is 2. The number of benzene rings is 1. The van der Waals surface area contributed by atoms with Gasteiger partial charge in [-0.2, -0.15) is 0 Å². The second-order valence-corrected chi connectivity index (χ2v) is 5.89. The maximum absolute atomic E-state index is 12.1. The first kappa shape index (κ1) is 12.2. The topological polar surface area (TPSA) is 63.4 Å². The Morgan fingerprint density at radius 3 is 3.16 bits per heavy atom. The molecule has 19 heavy (non-hydrogen) atoms. The lowest BCUT2D eigenvalue weighted by molar-refractivity contribution is -0.117. The molecule has 1 aliphatic rings. The van der Waals surface area contributed by atoms with Crippen LogP contribution >= 0.6 is 11.8 Å². The molecule has 1 aliphatic heterocycles. The maximum atomic E-state index is 12.1. The minimum absolute atomic E-state index is 0.0205. The van der Waals surface area contributed by atoms with Crippen LogP contribution in [0.2, 0.25) is 0 Å².